The summed E-state index contributed by atoms with van der Waals surface area (Å²) in [7, 11) is 7.34. The SMILES string of the molecule is COC(=O)N1C(C)CC(N(N(C)C)S(=O)O)C1COC1CCC2(c3cc(F)cc(P)c3)CC2C1. The third-order valence-corrected chi connectivity index (χ3v) is 9.02. The van der Waals surface area contributed by atoms with Gasteiger partial charge in [0.05, 0.1) is 31.9 Å². The molecule has 0 spiro atoms. The first-order valence-corrected chi connectivity index (χ1v) is 13.3. The fourth-order valence-corrected chi connectivity index (χ4v) is 7.24. The van der Waals surface area contributed by atoms with Gasteiger partial charge in [-0.15, -0.1) is 13.7 Å². The first kappa shape index (κ1) is 25.9. The van der Waals surface area contributed by atoms with Crippen LogP contribution in [-0.2, 0) is 26.2 Å². The number of carbonyl (C=O) groups excluding carboxylic acids is 1. The molecule has 11 heteroatoms. The maximum Gasteiger partial charge on any atom is 0.410 e. The number of nitrogens with zero attached hydrogens (tertiary/aromatic N) is 3. The van der Waals surface area contributed by atoms with Gasteiger partial charge in [0, 0.05) is 20.1 Å². The van der Waals surface area contributed by atoms with Crippen molar-refractivity contribution in [3.63, 3.8) is 0 Å². The molecule has 1 aromatic carbocycles. The van der Waals surface area contributed by atoms with Crippen LogP contribution in [0, 0.1) is 11.7 Å². The summed E-state index contributed by atoms with van der Waals surface area (Å²) < 4.78 is 48.7. The summed E-state index contributed by atoms with van der Waals surface area (Å²) in [4.78, 5) is 14.2. The Hall–Kier alpha value is -1.16. The third kappa shape index (κ3) is 4.90. The molecule has 0 bridgehead atoms. The van der Waals surface area contributed by atoms with Crippen LogP contribution in [0.4, 0.5) is 9.18 Å². The van der Waals surface area contributed by atoms with Gasteiger partial charge in [-0.1, -0.05) is 6.07 Å². The molecule has 8 nitrogen and oxygen atoms in total. The first-order chi connectivity index (χ1) is 16.1. The molecular weight excluding hydrogens is 480 g/mol. The molecule has 1 aromatic rings. The van der Waals surface area contributed by atoms with Crippen molar-refractivity contribution in [2.75, 3.05) is 27.8 Å². The molecule has 1 saturated heterocycles. The van der Waals surface area contributed by atoms with Gasteiger partial charge < -0.3 is 9.47 Å². The Morgan fingerprint density at radius 1 is 1.35 bits per heavy atom. The normalized spacial score (nSPS) is 33.8. The van der Waals surface area contributed by atoms with Gasteiger partial charge >= 0.3 is 6.09 Å². The highest BCUT2D eigenvalue weighted by molar-refractivity contribution is 7.76. The number of fused-ring (bicyclic) bond motifs is 1. The van der Waals surface area contributed by atoms with E-state index >= 15 is 0 Å². The average Bonchev–Trinajstić information content (AvgIpc) is 3.41. The largest absolute Gasteiger partial charge is 0.453 e. The van der Waals surface area contributed by atoms with Crippen LogP contribution in [0.25, 0.3) is 0 Å². The minimum atomic E-state index is -2.23. The standard InChI is InChI=1S/C23H35FN3O5PS/c1-14-7-20(27(25(2)3)34(29)30)21(26(14)22(28)31-4)13-32-18-5-6-23(12-16(23)9-18)15-8-17(24)11-19(33)10-15/h8,10-11,14,16,18,20-21H,5-7,9,12-13,33H2,1-4H3,(H,29,30). The van der Waals surface area contributed by atoms with E-state index in [0.717, 1.165) is 36.6 Å². The summed E-state index contributed by atoms with van der Waals surface area (Å²) in [5.74, 6) is 0.257. The quantitative estimate of drug-likeness (QED) is 0.342. The predicted octanol–water partition coefficient (Wildman–Crippen LogP) is 2.67. The first-order valence-electron chi connectivity index (χ1n) is 11.7. The van der Waals surface area contributed by atoms with Gasteiger partial charge in [-0.2, -0.15) is 0 Å². The Bertz CT molecular complexity index is 935. The van der Waals surface area contributed by atoms with Gasteiger partial charge in [0.2, 0.25) is 11.3 Å². The van der Waals surface area contributed by atoms with Gasteiger partial charge in [0.15, 0.2) is 0 Å². The van der Waals surface area contributed by atoms with Crippen molar-refractivity contribution in [2.45, 2.75) is 68.7 Å². The minimum Gasteiger partial charge on any atom is -0.453 e. The molecule has 2 saturated carbocycles. The number of halogens is 1. The second kappa shape index (κ2) is 10.1. The van der Waals surface area contributed by atoms with E-state index in [0.29, 0.717) is 12.3 Å². The summed E-state index contributed by atoms with van der Waals surface area (Å²) in [5, 5.41) is 2.45. The smallest absolute Gasteiger partial charge is 0.410 e. The maximum absolute atomic E-state index is 14.0. The molecule has 8 unspecified atom stereocenters. The van der Waals surface area contributed by atoms with E-state index in [1.807, 2.05) is 6.92 Å². The number of hydrogen-bond acceptors (Lipinski definition) is 5. The second-order valence-corrected chi connectivity index (χ2v) is 11.5. The zero-order chi connectivity index (χ0) is 24.8. The molecule has 8 atom stereocenters. The number of likely N-dealkylation sites (tertiary alicyclic amines) is 1. The molecule has 1 heterocycles. The van der Waals surface area contributed by atoms with E-state index in [1.54, 1.807) is 30.1 Å². The number of carbonyl (C=O) groups is 1. The lowest BCUT2D eigenvalue weighted by Crippen LogP contribution is -2.54. The van der Waals surface area contributed by atoms with Gasteiger partial charge in [-0.25, -0.2) is 18.4 Å². The number of methoxy groups -OCH3 is 1. The molecule has 1 N–H and O–H groups in total. The highest BCUT2D eigenvalue weighted by Gasteiger charge is 2.58. The fraction of sp³-hybridized carbons (Fsp3) is 0.696. The summed E-state index contributed by atoms with van der Waals surface area (Å²) in [6.07, 6.45) is 3.82. The van der Waals surface area contributed by atoms with Gasteiger partial charge in [0.25, 0.3) is 0 Å². The lowest BCUT2D eigenvalue weighted by atomic mass is 9.81. The average molecular weight is 516 g/mol. The molecular formula is C23H35FN3O5PS. The number of ether oxygens (including phenoxy) is 2. The molecule has 3 fully saturated rings. The maximum atomic E-state index is 14.0. The van der Waals surface area contributed by atoms with Crippen molar-refractivity contribution >= 4 is 31.9 Å². The number of hydrazine groups is 1. The third-order valence-electron chi connectivity index (χ3n) is 7.77. The number of amides is 1. The zero-order valence-electron chi connectivity index (χ0n) is 20.1. The molecule has 34 heavy (non-hydrogen) atoms. The monoisotopic (exact) mass is 515 g/mol. The van der Waals surface area contributed by atoms with Crippen LogP contribution in [0.1, 0.15) is 44.6 Å². The Labute approximate surface area is 205 Å². The van der Waals surface area contributed by atoms with Crippen LogP contribution < -0.4 is 5.30 Å². The van der Waals surface area contributed by atoms with E-state index in [9.17, 15) is 17.9 Å². The molecule has 3 aliphatic rings. The lowest BCUT2D eigenvalue weighted by molar-refractivity contribution is -0.0284. The van der Waals surface area contributed by atoms with Crippen LogP contribution in [0.5, 0.6) is 0 Å². The van der Waals surface area contributed by atoms with Crippen molar-refractivity contribution < 1.29 is 27.4 Å². The van der Waals surface area contributed by atoms with Crippen LogP contribution in [0.3, 0.4) is 0 Å². The molecule has 2 aliphatic carbocycles. The van der Waals surface area contributed by atoms with Crippen molar-refractivity contribution in [2.24, 2.45) is 5.92 Å². The van der Waals surface area contributed by atoms with Gasteiger partial charge in [-0.3, -0.25) is 9.45 Å². The Morgan fingerprint density at radius 2 is 2.09 bits per heavy atom. The topological polar surface area (TPSA) is 82.6 Å². The Kier molecular flexibility index (Phi) is 7.68. The van der Waals surface area contributed by atoms with Crippen LogP contribution >= 0.6 is 9.24 Å². The highest BCUT2D eigenvalue weighted by Crippen LogP contribution is 2.62. The number of hydrogen-bond donors (Lipinski definition) is 1. The molecule has 0 radical (unpaired) electrons. The summed E-state index contributed by atoms with van der Waals surface area (Å²) in [6.45, 7) is 2.17. The summed E-state index contributed by atoms with van der Waals surface area (Å²) >= 11 is -2.23. The Morgan fingerprint density at radius 3 is 2.68 bits per heavy atom. The number of benzene rings is 1. The van der Waals surface area contributed by atoms with E-state index < -0.39 is 23.4 Å². The summed E-state index contributed by atoms with van der Waals surface area (Å²) in [6, 6.07) is 4.30. The fourth-order valence-electron chi connectivity index (χ4n) is 6.17. The number of rotatable bonds is 7. The van der Waals surface area contributed by atoms with Crippen LogP contribution in [0.15, 0.2) is 18.2 Å². The molecule has 0 aromatic heterocycles. The van der Waals surface area contributed by atoms with Crippen LogP contribution in [0.2, 0.25) is 0 Å². The van der Waals surface area contributed by atoms with E-state index in [4.69, 9.17) is 9.47 Å². The zero-order valence-corrected chi connectivity index (χ0v) is 22.1. The molecule has 1 amide bonds. The van der Waals surface area contributed by atoms with Crippen molar-refractivity contribution in [1.29, 1.82) is 0 Å². The molecule has 4 rings (SSSR count). The molecule has 190 valence electrons. The van der Waals surface area contributed by atoms with E-state index in [-0.39, 0.29) is 36.0 Å². The lowest BCUT2D eigenvalue weighted by Gasteiger charge is -2.36. The van der Waals surface area contributed by atoms with Gasteiger partial charge in [0.1, 0.15) is 5.82 Å². The van der Waals surface area contributed by atoms with Crippen molar-refractivity contribution in [1.82, 2.24) is 14.3 Å². The van der Waals surface area contributed by atoms with Crippen molar-refractivity contribution in [3.8, 4) is 0 Å². The minimum absolute atomic E-state index is 0.0353. The second-order valence-electron chi connectivity index (χ2n) is 10.0. The predicted molar refractivity (Wildman–Crippen MR) is 131 cm³/mol. The van der Waals surface area contributed by atoms with Gasteiger partial charge in [-0.05, 0) is 73.4 Å². The van der Waals surface area contributed by atoms with E-state index in [1.165, 1.54) is 17.6 Å². The van der Waals surface area contributed by atoms with Crippen molar-refractivity contribution in [3.05, 3.63) is 29.6 Å². The van der Waals surface area contributed by atoms with E-state index in [2.05, 4.69) is 15.3 Å². The highest BCUT2D eigenvalue weighted by atomic mass is 32.2. The summed E-state index contributed by atoms with van der Waals surface area (Å²) in [5.41, 5.74) is 1.13. The van der Waals surface area contributed by atoms with Crippen LogP contribution in [-0.4, -0.2) is 81.2 Å². The molecule has 1 aliphatic heterocycles. The Balaban J connectivity index is 1.44.